The molecule has 0 aliphatic rings. The summed E-state index contributed by atoms with van der Waals surface area (Å²) in [6.07, 6.45) is 0. The predicted octanol–water partition coefficient (Wildman–Crippen LogP) is 4.29. The fourth-order valence-corrected chi connectivity index (χ4v) is 4.09. The van der Waals surface area contributed by atoms with Gasteiger partial charge in [0.1, 0.15) is 10.5 Å². The van der Waals surface area contributed by atoms with Crippen LogP contribution in [0.15, 0.2) is 64.2 Å². The minimum atomic E-state index is 0.589. The lowest BCUT2D eigenvalue weighted by Crippen LogP contribution is -1.94. The molecule has 0 bridgehead atoms. The van der Waals surface area contributed by atoms with Crippen LogP contribution in [0, 0.1) is 0 Å². The van der Waals surface area contributed by atoms with Crippen LogP contribution in [0.3, 0.4) is 0 Å². The molecule has 8 heteroatoms. The van der Waals surface area contributed by atoms with Crippen molar-refractivity contribution >= 4 is 39.2 Å². The van der Waals surface area contributed by atoms with Crippen molar-refractivity contribution in [2.75, 3.05) is 0 Å². The molecule has 0 unspecified atom stereocenters. The minimum absolute atomic E-state index is 0.589. The van der Waals surface area contributed by atoms with Crippen molar-refractivity contribution in [3.8, 4) is 10.6 Å². The van der Waals surface area contributed by atoms with Crippen LogP contribution in [-0.4, -0.2) is 24.8 Å². The van der Waals surface area contributed by atoms with E-state index in [4.69, 9.17) is 4.42 Å². The van der Waals surface area contributed by atoms with E-state index < -0.39 is 0 Å². The second-order valence-corrected chi connectivity index (χ2v) is 7.20. The molecular formula is C17H11N5OS2. The lowest BCUT2D eigenvalue weighted by atomic mass is 10.2. The monoisotopic (exact) mass is 365 g/mol. The van der Waals surface area contributed by atoms with Crippen LogP contribution in [0.2, 0.25) is 0 Å². The first-order valence-corrected chi connectivity index (χ1v) is 9.42. The van der Waals surface area contributed by atoms with Crippen molar-refractivity contribution < 1.29 is 4.42 Å². The van der Waals surface area contributed by atoms with Gasteiger partial charge < -0.3 is 4.42 Å². The molecule has 0 spiro atoms. The van der Waals surface area contributed by atoms with Crippen molar-refractivity contribution in [2.24, 2.45) is 0 Å². The Labute approximate surface area is 150 Å². The molecule has 5 aromatic rings. The van der Waals surface area contributed by atoms with Gasteiger partial charge in [0.25, 0.3) is 5.22 Å². The highest BCUT2D eigenvalue weighted by Crippen LogP contribution is 2.28. The zero-order chi connectivity index (χ0) is 16.6. The summed E-state index contributed by atoms with van der Waals surface area (Å²) in [7, 11) is 0. The lowest BCUT2D eigenvalue weighted by Gasteiger charge is -1.95. The highest BCUT2D eigenvalue weighted by Gasteiger charge is 2.14. The summed E-state index contributed by atoms with van der Waals surface area (Å²) in [4.78, 5) is 5.25. The summed E-state index contributed by atoms with van der Waals surface area (Å²) < 4.78 is 7.52. The Bertz CT molecular complexity index is 1130. The van der Waals surface area contributed by atoms with Crippen LogP contribution in [0.25, 0.3) is 26.6 Å². The first-order chi connectivity index (χ1) is 12.4. The topological polar surface area (TPSA) is 69.1 Å². The average Bonchev–Trinajstić information content (AvgIpc) is 3.34. The van der Waals surface area contributed by atoms with Crippen molar-refractivity contribution in [1.82, 2.24) is 24.8 Å². The normalized spacial score (nSPS) is 11.5. The van der Waals surface area contributed by atoms with Gasteiger partial charge in [0.2, 0.25) is 4.96 Å². The van der Waals surface area contributed by atoms with Gasteiger partial charge in [0.15, 0.2) is 11.4 Å². The van der Waals surface area contributed by atoms with Gasteiger partial charge in [0, 0.05) is 5.56 Å². The Morgan fingerprint density at radius 2 is 1.84 bits per heavy atom. The van der Waals surface area contributed by atoms with Crippen LogP contribution in [0.5, 0.6) is 0 Å². The molecule has 0 radical (unpaired) electrons. The van der Waals surface area contributed by atoms with Gasteiger partial charge in [-0.1, -0.05) is 65.6 Å². The van der Waals surface area contributed by atoms with Gasteiger partial charge in [0.05, 0.1) is 5.75 Å². The van der Waals surface area contributed by atoms with Gasteiger partial charge in [-0.15, -0.1) is 10.2 Å². The van der Waals surface area contributed by atoms with E-state index in [0.717, 1.165) is 32.5 Å². The van der Waals surface area contributed by atoms with Gasteiger partial charge in [-0.25, -0.2) is 4.98 Å². The maximum Gasteiger partial charge on any atom is 0.257 e. The quantitative estimate of drug-likeness (QED) is 0.443. The van der Waals surface area contributed by atoms with Crippen molar-refractivity contribution in [3.63, 3.8) is 0 Å². The maximum absolute atomic E-state index is 5.73. The Kier molecular flexibility index (Phi) is 3.50. The van der Waals surface area contributed by atoms with Crippen LogP contribution < -0.4 is 0 Å². The van der Waals surface area contributed by atoms with Crippen molar-refractivity contribution in [2.45, 2.75) is 11.0 Å². The third-order valence-corrected chi connectivity index (χ3v) is 5.45. The molecule has 0 N–H and O–H groups in total. The van der Waals surface area contributed by atoms with E-state index in [9.17, 15) is 0 Å². The van der Waals surface area contributed by atoms with E-state index in [1.165, 1.54) is 23.1 Å². The summed E-state index contributed by atoms with van der Waals surface area (Å²) in [6.45, 7) is 0. The molecule has 5 rings (SSSR count). The number of para-hydroxylation sites is 2. The average molecular weight is 365 g/mol. The molecule has 122 valence electrons. The van der Waals surface area contributed by atoms with Crippen LogP contribution >= 0.6 is 23.1 Å². The summed E-state index contributed by atoms with van der Waals surface area (Å²) in [5.74, 6) is 1.37. The minimum Gasteiger partial charge on any atom is -0.431 e. The van der Waals surface area contributed by atoms with Crippen LogP contribution in [0.1, 0.15) is 5.82 Å². The highest BCUT2D eigenvalue weighted by molar-refractivity contribution is 7.98. The Morgan fingerprint density at radius 3 is 2.72 bits per heavy atom. The number of aromatic nitrogens is 5. The molecule has 3 aromatic heterocycles. The number of oxazole rings is 1. The molecule has 0 atom stereocenters. The Balaban J connectivity index is 1.42. The smallest absolute Gasteiger partial charge is 0.257 e. The van der Waals surface area contributed by atoms with E-state index in [0.29, 0.717) is 11.0 Å². The van der Waals surface area contributed by atoms with E-state index >= 15 is 0 Å². The van der Waals surface area contributed by atoms with E-state index in [1.54, 1.807) is 4.52 Å². The van der Waals surface area contributed by atoms with Crippen molar-refractivity contribution in [1.29, 1.82) is 0 Å². The van der Waals surface area contributed by atoms with Gasteiger partial charge in [-0.05, 0) is 12.1 Å². The molecule has 25 heavy (non-hydrogen) atoms. The summed E-state index contributed by atoms with van der Waals surface area (Å²) in [5, 5.41) is 14.6. The zero-order valence-electron chi connectivity index (χ0n) is 12.9. The fraction of sp³-hybridized carbons (Fsp3) is 0.0588. The molecule has 6 nitrogen and oxygen atoms in total. The molecule has 0 saturated carbocycles. The molecule has 0 saturated heterocycles. The van der Waals surface area contributed by atoms with Crippen LogP contribution in [-0.2, 0) is 5.75 Å². The largest absolute Gasteiger partial charge is 0.431 e. The SMILES string of the molecule is c1ccc(-c2nn3c(CSc4nc5ccccc5o4)nnc3s2)cc1. The predicted molar refractivity (Wildman–Crippen MR) is 97.7 cm³/mol. The molecule has 3 heterocycles. The summed E-state index contributed by atoms with van der Waals surface area (Å²) in [5.41, 5.74) is 2.73. The Hall–Kier alpha value is -2.71. The summed E-state index contributed by atoms with van der Waals surface area (Å²) in [6, 6.07) is 17.8. The number of nitrogens with zero attached hydrogens (tertiary/aromatic N) is 5. The van der Waals surface area contributed by atoms with Crippen LogP contribution in [0.4, 0.5) is 0 Å². The van der Waals surface area contributed by atoms with E-state index in [2.05, 4.69) is 20.3 Å². The molecule has 0 aliphatic carbocycles. The van der Waals surface area contributed by atoms with Gasteiger partial charge in [-0.2, -0.15) is 9.61 Å². The lowest BCUT2D eigenvalue weighted by molar-refractivity contribution is 0.489. The summed E-state index contributed by atoms with van der Waals surface area (Å²) >= 11 is 3.01. The van der Waals surface area contributed by atoms with E-state index in [-0.39, 0.29) is 0 Å². The maximum atomic E-state index is 5.73. The number of hydrogen-bond donors (Lipinski definition) is 0. The van der Waals surface area contributed by atoms with Gasteiger partial charge >= 0.3 is 0 Å². The van der Waals surface area contributed by atoms with Crippen molar-refractivity contribution in [3.05, 3.63) is 60.4 Å². The molecule has 0 aliphatic heterocycles. The van der Waals surface area contributed by atoms with E-state index in [1.807, 2.05) is 54.6 Å². The highest BCUT2D eigenvalue weighted by atomic mass is 32.2. The number of hydrogen-bond acceptors (Lipinski definition) is 7. The standard InChI is InChI=1S/C17H11N5OS2/c1-2-6-11(7-3-1)15-21-22-14(19-20-16(22)25-15)10-24-17-18-12-8-4-5-9-13(12)23-17/h1-9H,10H2. The second kappa shape index (κ2) is 5.98. The third kappa shape index (κ3) is 2.69. The first-order valence-electron chi connectivity index (χ1n) is 7.62. The third-order valence-electron chi connectivity index (χ3n) is 3.68. The molecule has 2 aromatic carbocycles. The first kappa shape index (κ1) is 14.6. The fourth-order valence-electron chi connectivity index (χ4n) is 2.48. The number of benzene rings is 2. The zero-order valence-corrected chi connectivity index (χ0v) is 14.5. The number of fused-ring (bicyclic) bond motifs is 2. The van der Waals surface area contributed by atoms with Gasteiger partial charge in [-0.3, -0.25) is 0 Å². The molecule has 0 fully saturated rings. The second-order valence-electron chi connectivity index (χ2n) is 5.32. The molecular weight excluding hydrogens is 354 g/mol. The number of thioether (sulfide) groups is 1. The number of rotatable bonds is 4. The Morgan fingerprint density at radius 1 is 1.00 bits per heavy atom. The molecule has 0 amide bonds.